The van der Waals surface area contributed by atoms with E-state index in [9.17, 15) is 4.79 Å². The Labute approximate surface area is 104 Å². The summed E-state index contributed by atoms with van der Waals surface area (Å²) in [4.78, 5) is 15.0. The molecular formula is C10H7BrN2O4. The predicted octanol–water partition coefficient (Wildman–Crippen LogP) is 1.09. The van der Waals surface area contributed by atoms with Crippen molar-refractivity contribution in [1.82, 2.24) is 0 Å². The monoisotopic (exact) mass is 298 g/mol. The second-order valence-corrected chi connectivity index (χ2v) is 4.38. The lowest BCUT2D eigenvalue weighted by atomic mass is 10.1. The maximum absolute atomic E-state index is 11.5. The fourth-order valence-electron chi connectivity index (χ4n) is 1.71. The second kappa shape index (κ2) is 3.63. The summed E-state index contributed by atoms with van der Waals surface area (Å²) in [6, 6.07) is 3.29. The highest BCUT2D eigenvalue weighted by molar-refractivity contribution is 9.10. The van der Waals surface area contributed by atoms with E-state index in [0.717, 1.165) is 0 Å². The van der Waals surface area contributed by atoms with Crippen LogP contribution in [0.3, 0.4) is 0 Å². The van der Waals surface area contributed by atoms with Gasteiger partial charge in [0, 0.05) is 5.56 Å². The van der Waals surface area contributed by atoms with Crippen LogP contribution in [0.5, 0.6) is 11.5 Å². The van der Waals surface area contributed by atoms with Gasteiger partial charge in [-0.2, -0.15) is 4.99 Å². The molecule has 2 heterocycles. The zero-order chi connectivity index (χ0) is 12.0. The molecule has 6 nitrogen and oxygen atoms in total. The number of amides is 1. The summed E-state index contributed by atoms with van der Waals surface area (Å²) < 4.78 is 16.3. The molecule has 2 aliphatic heterocycles. The van der Waals surface area contributed by atoms with Crippen molar-refractivity contribution in [2.75, 3.05) is 6.79 Å². The molecule has 0 radical (unpaired) electrons. The van der Waals surface area contributed by atoms with Gasteiger partial charge in [0.25, 0.3) is 11.9 Å². The van der Waals surface area contributed by atoms with Gasteiger partial charge in [0.2, 0.25) is 12.9 Å². The normalized spacial score (nSPS) is 21.4. The van der Waals surface area contributed by atoms with Gasteiger partial charge in [-0.25, -0.2) is 0 Å². The van der Waals surface area contributed by atoms with Crippen molar-refractivity contribution >= 4 is 27.9 Å². The van der Waals surface area contributed by atoms with Gasteiger partial charge < -0.3 is 19.9 Å². The number of carbonyl (C=O) groups is 1. The molecule has 0 saturated heterocycles. The Balaban J connectivity index is 2.00. The lowest BCUT2D eigenvalue weighted by Gasteiger charge is -2.10. The molecule has 1 aromatic carbocycles. The van der Waals surface area contributed by atoms with Crippen molar-refractivity contribution in [3.05, 3.63) is 22.2 Å². The fraction of sp³-hybridized carbons (Fsp3) is 0.200. The van der Waals surface area contributed by atoms with E-state index in [4.69, 9.17) is 19.9 Å². The first-order chi connectivity index (χ1) is 8.15. The van der Waals surface area contributed by atoms with E-state index in [2.05, 4.69) is 20.9 Å². The Kier molecular flexibility index (Phi) is 2.22. The molecule has 0 saturated carbocycles. The van der Waals surface area contributed by atoms with Crippen molar-refractivity contribution in [1.29, 1.82) is 0 Å². The molecule has 0 aromatic heterocycles. The number of rotatable bonds is 1. The summed E-state index contributed by atoms with van der Waals surface area (Å²) in [6.07, 6.45) is -0.805. The molecule has 88 valence electrons. The van der Waals surface area contributed by atoms with Crippen LogP contribution < -0.4 is 15.2 Å². The first-order valence-electron chi connectivity index (χ1n) is 4.79. The van der Waals surface area contributed by atoms with Gasteiger partial charge in [-0.15, -0.1) is 0 Å². The highest BCUT2D eigenvalue weighted by Gasteiger charge is 2.31. The summed E-state index contributed by atoms with van der Waals surface area (Å²) in [5.41, 5.74) is 5.96. The van der Waals surface area contributed by atoms with Crippen molar-refractivity contribution in [3.63, 3.8) is 0 Å². The van der Waals surface area contributed by atoms with Crippen LogP contribution in [0.1, 0.15) is 11.7 Å². The molecule has 1 aromatic rings. The Hall–Kier alpha value is -1.76. The van der Waals surface area contributed by atoms with E-state index in [0.29, 0.717) is 21.5 Å². The first-order valence-corrected chi connectivity index (χ1v) is 5.58. The average Bonchev–Trinajstić information content (AvgIpc) is 2.84. The maximum Gasteiger partial charge on any atom is 0.296 e. The summed E-state index contributed by atoms with van der Waals surface area (Å²) in [7, 11) is 0. The summed E-state index contributed by atoms with van der Waals surface area (Å²) in [5.74, 6) is 0.762. The number of fused-ring (bicyclic) bond motifs is 1. The number of carbonyl (C=O) groups excluding carboxylic acids is 1. The minimum Gasteiger partial charge on any atom is -0.454 e. The van der Waals surface area contributed by atoms with Gasteiger partial charge in [0.15, 0.2) is 11.5 Å². The highest BCUT2D eigenvalue weighted by atomic mass is 79.9. The fourth-order valence-corrected chi connectivity index (χ4v) is 2.29. The number of hydrogen-bond donors (Lipinski definition) is 1. The Morgan fingerprint density at radius 3 is 2.94 bits per heavy atom. The maximum atomic E-state index is 11.5. The second-order valence-electron chi connectivity index (χ2n) is 3.52. The number of nitrogens with zero attached hydrogens (tertiary/aromatic N) is 1. The highest BCUT2D eigenvalue weighted by Crippen LogP contribution is 2.42. The van der Waals surface area contributed by atoms with E-state index in [1.807, 2.05) is 0 Å². The van der Waals surface area contributed by atoms with E-state index in [1.165, 1.54) is 0 Å². The van der Waals surface area contributed by atoms with Gasteiger partial charge in [0.05, 0.1) is 4.47 Å². The van der Waals surface area contributed by atoms with Gasteiger partial charge >= 0.3 is 0 Å². The number of halogens is 1. The van der Waals surface area contributed by atoms with Crippen LogP contribution in [-0.2, 0) is 9.53 Å². The third-order valence-corrected chi connectivity index (χ3v) is 3.02. The van der Waals surface area contributed by atoms with Crippen LogP contribution in [0.4, 0.5) is 0 Å². The molecule has 2 N–H and O–H groups in total. The number of nitrogens with two attached hydrogens (primary N) is 1. The van der Waals surface area contributed by atoms with Crippen molar-refractivity contribution in [2.24, 2.45) is 10.7 Å². The van der Waals surface area contributed by atoms with Gasteiger partial charge in [-0.3, -0.25) is 4.79 Å². The summed E-state index contributed by atoms with van der Waals surface area (Å²) in [5, 5.41) is 0. The molecule has 0 bridgehead atoms. The molecule has 1 unspecified atom stereocenters. The summed E-state index contributed by atoms with van der Waals surface area (Å²) in [6.45, 7) is 0.162. The van der Waals surface area contributed by atoms with Crippen molar-refractivity contribution in [2.45, 2.75) is 6.10 Å². The standard InChI is InChI=1S/C10H7BrN2O4/c11-5-1-4(2-6-8(5)16-3-15-6)7-9(14)13-10(12)17-7/h1-2,7H,3H2,(H2,12,13,14). The van der Waals surface area contributed by atoms with Gasteiger partial charge in [-0.05, 0) is 28.1 Å². The molecule has 3 rings (SSSR count). The topological polar surface area (TPSA) is 83.1 Å². The third kappa shape index (κ3) is 1.62. The SMILES string of the molecule is NC1=NC(=O)C(c2cc(Br)c3c(c2)OCO3)O1. The summed E-state index contributed by atoms with van der Waals surface area (Å²) >= 11 is 3.34. The molecule has 2 aliphatic rings. The number of ether oxygens (including phenoxy) is 3. The van der Waals surface area contributed by atoms with Gasteiger partial charge in [-0.1, -0.05) is 0 Å². The lowest BCUT2D eigenvalue weighted by Crippen LogP contribution is -2.14. The lowest BCUT2D eigenvalue weighted by molar-refractivity contribution is -0.122. The average molecular weight is 299 g/mol. The Morgan fingerprint density at radius 2 is 2.24 bits per heavy atom. The van der Waals surface area contributed by atoms with E-state index in [1.54, 1.807) is 12.1 Å². The number of aliphatic imine (C=N–C) groups is 1. The van der Waals surface area contributed by atoms with E-state index < -0.39 is 12.0 Å². The van der Waals surface area contributed by atoms with E-state index >= 15 is 0 Å². The van der Waals surface area contributed by atoms with Crippen LogP contribution in [0.15, 0.2) is 21.6 Å². The van der Waals surface area contributed by atoms with Gasteiger partial charge in [0.1, 0.15) is 0 Å². The van der Waals surface area contributed by atoms with Crippen molar-refractivity contribution < 1.29 is 19.0 Å². The van der Waals surface area contributed by atoms with Crippen LogP contribution in [0.2, 0.25) is 0 Å². The Bertz CT molecular complexity index is 543. The molecule has 0 aliphatic carbocycles. The van der Waals surface area contributed by atoms with Crippen LogP contribution in [0, 0.1) is 0 Å². The molecule has 0 spiro atoms. The largest absolute Gasteiger partial charge is 0.454 e. The number of hydrogen-bond acceptors (Lipinski definition) is 5. The van der Waals surface area contributed by atoms with Crippen molar-refractivity contribution in [3.8, 4) is 11.5 Å². The smallest absolute Gasteiger partial charge is 0.296 e. The number of amidine groups is 1. The molecule has 7 heteroatoms. The number of benzene rings is 1. The van der Waals surface area contributed by atoms with E-state index in [-0.39, 0.29) is 12.8 Å². The zero-order valence-corrected chi connectivity index (χ0v) is 10.1. The van der Waals surface area contributed by atoms with Crippen LogP contribution in [0.25, 0.3) is 0 Å². The molecular weight excluding hydrogens is 292 g/mol. The predicted molar refractivity (Wildman–Crippen MR) is 60.7 cm³/mol. The first kappa shape index (κ1) is 10.4. The molecule has 0 fully saturated rings. The minimum absolute atomic E-state index is 0.117. The van der Waals surface area contributed by atoms with Crippen LogP contribution in [-0.4, -0.2) is 18.7 Å². The molecule has 17 heavy (non-hydrogen) atoms. The van der Waals surface area contributed by atoms with Crippen LogP contribution >= 0.6 is 15.9 Å². The minimum atomic E-state index is -0.805. The molecule has 1 amide bonds. The quantitative estimate of drug-likeness (QED) is 0.839. The zero-order valence-electron chi connectivity index (χ0n) is 8.47. The Morgan fingerprint density at radius 1 is 1.41 bits per heavy atom. The molecule has 1 atom stereocenters. The third-order valence-electron chi connectivity index (χ3n) is 2.44.